The Balaban J connectivity index is 3.57. The van der Waals surface area contributed by atoms with Crippen LogP contribution in [0.5, 0.6) is 0 Å². The highest BCUT2D eigenvalue weighted by Gasteiger charge is 2.14. The van der Waals surface area contributed by atoms with Crippen LogP contribution in [0.1, 0.15) is 33.4 Å². The lowest BCUT2D eigenvalue weighted by Gasteiger charge is -2.19. The van der Waals surface area contributed by atoms with Crippen LogP contribution in [0, 0.1) is 20.8 Å². The molecule has 0 radical (unpaired) electrons. The number of hydrogen-bond donors (Lipinski definition) is 0. The highest BCUT2D eigenvalue weighted by atomic mass is 127. The van der Waals surface area contributed by atoms with E-state index in [0.29, 0.717) is 0 Å². The summed E-state index contributed by atoms with van der Waals surface area (Å²) in [5.41, 5.74) is 9.21. The van der Waals surface area contributed by atoms with E-state index in [9.17, 15) is 0 Å². The molecule has 0 spiro atoms. The third-order valence-corrected chi connectivity index (χ3v) is 5.41. The average Bonchev–Trinajstić information content (AvgIpc) is 2.19. The van der Waals surface area contributed by atoms with Gasteiger partial charge in [0.25, 0.3) is 0 Å². The smallest absolute Gasteiger partial charge is 0.0252 e. The SMILES string of the molecule is Cc1c(CI)c(C)c(CI)c(C)c1CI. The van der Waals surface area contributed by atoms with E-state index < -0.39 is 0 Å². The standard InChI is InChI=1S/C12H15I3/c1-7-10(4-13)8(2)12(6-15)9(3)11(7)5-14/h4-6H2,1-3H3. The number of rotatable bonds is 3. The number of halogens is 3. The monoisotopic (exact) mass is 540 g/mol. The van der Waals surface area contributed by atoms with Crippen molar-refractivity contribution in [3.63, 3.8) is 0 Å². The Morgan fingerprint density at radius 1 is 0.600 bits per heavy atom. The van der Waals surface area contributed by atoms with Gasteiger partial charge in [0.2, 0.25) is 0 Å². The molecule has 0 aliphatic carbocycles. The minimum Gasteiger partial charge on any atom is -0.0812 e. The molecule has 0 aliphatic rings. The van der Waals surface area contributed by atoms with Crippen LogP contribution in [0.4, 0.5) is 0 Å². The summed E-state index contributed by atoms with van der Waals surface area (Å²) >= 11 is 7.43. The first-order chi connectivity index (χ1) is 7.08. The fourth-order valence-corrected chi connectivity index (χ4v) is 5.42. The number of hydrogen-bond acceptors (Lipinski definition) is 0. The second-order valence-corrected chi connectivity index (χ2v) is 6.00. The lowest BCUT2D eigenvalue weighted by molar-refractivity contribution is 1.12. The minimum atomic E-state index is 1.13. The normalized spacial score (nSPS) is 10.8. The van der Waals surface area contributed by atoms with Gasteiger partial charge in [0.1, 0.15) is 0 Å². The maximum atomic E-state index is 2.48. The number of alkyl halides is 3. The largest absolute Gasteiger partial charge is 0.0812 e. The zero-order chi connectivity index (χ0) is 11.6. The van der Waals surface area contributed by atoms with E-state index in [4.69, 9.17) is 0 Å². The first kappa shape index (κ1) is 14.5. The van der Waals surface area contributed by atoms with Crippen LogP contribution in [0.3, 0.4) is 0 Å². The lowest BCUT2D eigenvalue weighted by atomic mass is 9.90. The van der Waals surface area contributed by atoms with Gasteiger partial charge in [0, 0.05) is 13.3 Å². The summed E-state index contributed by atoms with van der Waals surface area (Å²) in [6.07, 6.45) is 0. The predicted octanol–water partition coefficient (Wildman–Crippen LogP) is 5.42. The highest BCUT2D eigenvalue weighted by Crippen LogP contribution is 2.31. The van der Waals surface area contributed by atoms with Gasteiger partial charge < -0.3 is 0 Å². The summed E-state index contributed by atoms with van der Waals surface area (Å²) in [6, 6.07) is 0. The molecule has 0 saturated carbocycles. The number of benzene rings is 1. The predicted molar refractivity (Wildman–Crippen MR) is 93.8 cm³/mol. The maximum absolute atomic E-state index is 2.48. The fraction of sp³-hybridized carbons (Fsp3) is 0.500. The van der Waals surface area contributed by atoms with Gasteiger partial charge in [-0.25, -0.2) is 0 Å². The molecule has 0 unspecified atom stereocenters. The van der Waals surface area contributed by atoms with E-state index in [1.807, 2.05) is 0 Å². The molecule has 3 heteroatoms. The van der Waals surface area contributed by atoms with Gasteiger partial charge in [-0.15, -0.1) is 0 Å². The molecule has 0 atom stereocenters. The Kier molecular flexibility index (Phi) is 6.15. The van der Waals surface area contributed by atoms with Crippen LogP contribution in [-0.2, 0) is 13.3 Å². The topological polar surface area (TPSA) is 0 Å². The molecule has 0 bridgehead atoms. The summed E-state index contributed by atoms with van der Waals surface area (Å²) in [5.74, 6) is 0. The molecule has 0 amide bonds. The van der Waals surface area contributed by atoms with Gasteiger partial charge in [-0.3, -0.25) is 0 Å². The summed E-state index contributed by atoms with van der Waals surface area (Å²) in [7, 11) is 0. The third-order valence-electron chi connectivity index (χ3n) is 3.12. The first-order valence-corrected chi connectivity index (χ1v) is 9.44. The fourth-order valence-electron chi connectivity index (χ4n) is 1.99. The molecule has 0 fully saturated rings. The van der Waals surface area contributed by atoms with Gasteiger partial charge in [-0.05, 0) is 54.2 Å². The molecular formula is C12H15I3. The van der Waals surface area contributed by atoms with Gasteiger partial charge in [-0.1, -0.05) is 67.8 Å². The van der Waals surface area contributed by atoms with E-state index in [0.717, 1.165) is 13.3 Å². The lowest BCUT2D eigenvalue weighted by Crippen LogP contribution is -2.04. The van der Waals surface area contributed by atoms with Gasteiger partial charge in [0.15, 0.2) is 0 Å². The maximum Gasteiger partial charge on any atom is 0.0252 e. The van der Waals surface area contributed by atoms with Crippen LogP contribution in [0.15, 0.2) is 0 Å². The summed E-state index contributed by atoms with van der Waals surface area (Å²) in [4.78, 5) is 0. The second-order valence-electron chi connectivity index (χ2n) is 3.71. The van der Waals surface area contributed by atoms with E-state index in [1.54, 1.807) is 16.7 Å². The van der Waals surface area contributed by atoms with Gasteiger partial charge >= 0.3 is 0 Å². The van der Waals surface area contributed by atoms with Crippen molar-refractivity contribution in [3.05, 3.63) is 33.4 Å². The molecule has 0 aromatic heterocycles. The molecule has 15 heavy (non-hydrogen) atoms. The van der Waals surface area contributed by atoms with Crippen molar-refractivity contribution in [2.24, 2.45) is 0 Å². The molecule has 84 valence electrons. The molecule has 1 rings (SSSR count). The van der Waals surface area contributed by atoms with Crippen molar-refractivity contribution in [2.45, 2.75) is 34.1 Å². The molecule has 0 N–H and O–H groups in total. The Morgan fingerprint density at radius 3 is 0.933 bits per heavy atom. The second kappa shape index (κ2) is 6.37. The minimum absolute atomic E-state index is 1.13. The van der Waals surface area contributed by atoms with Crippen molar-refractivity contribution in [1.29, 1.82) is 0 Å². The first-order valence-electron chi connectivity index (χ1n) is 4.86. The third kappa shape index (κ3) is 2.81. The van der Waals surface area contributed by atoms with Crippen LogP contribution in [0.25, 0.3) is 0 Å². The molecule has 0 aliphatic heterocycles. The van der Waals surface area contributed by atoms with Crippen LogP contribution >= 0.6 is 67.8 Å². The molecule has 0 nitrogen and oxygen atoms in total. The van der Waals surface area contributed by atoms with Crippen molar-refractivity contribution >= 4 is 67.8 Å². The Labute approximate surface area is 133 Å². The van der Waals surface area contributed by atoms with Gasteiger partial charge in [0.05, 0.1) is 0 Å². The summed E-state index contributed by atoms with van der Waals surface area (Å²) < 4.78 is 3.38. The Morgan fingerprint density at radius 2 is 0.800 bits per heavy atom. The van der Waals surface area contributed by atoms with Gasteiger partial charge in [-0.2, -0.15) is 0 Å². The van der Waals surface area contributed by atoms with Crippen LogP contribution in [-0.4, -0.2) is 0 Å². The molecular weight excluding hydrogens is 525 g/mol. The van der Waals surface area contributed by atoms with Crippen molar-refractivity contribution in [3.8, 4) is 0 Å². The van der Waals surface area contributed by atoms with Crippen molar-refractivity contribution in [1.82, 2.24) is 0 Å². The summed E-state index contributed by atoms with van der Waals surface area (Å²) in [5, 5.41) is 0. The quantitative estimate of drug-likeness (QED) is 0.356. The van der Waals surface area contributed by atoms with E-state index in [-0.39, 0.29) is 0 Å². The highest BCUT2D eigenvalue weighted by molar-refractivity contribution is 14.1. The Bertz CT molecular complexity index is 291. The van der Waals surface area contributed by atoms with E-state index in [1.165, 1.54) is 16.7 Å². The summed E-state index contributed by atoms with van der Waals surface area (Å²) in [6.45, 7) is 6.83. The molecule has 0 saturated heterocycles. The van der Waals surface area contributed by atoms with E-state index >= 15 is 0 Å². The zero-order valence-corrected chi connectivity index (χ0v) is 15.7. The van der Waals surface area contributed by atoms with Crippen LogP contribution < -0.4 is 0 Å². The van der Waals surface area contributed by atoms with Crippen LogP contribution in [0.2, 0.25) is 0 Å². The van der Waals surface area contributed by atoms with Crippen molar-refractivity contribution < 1.29 is 0 Å². The molecule has 1 aromatic rings. The Hall–Kier alpha value is 1.41. The molecule has 1 aromatic carbocycles. The molecule has 0 heterocycles. The average molecular weight is 540 g/mol. The van der Waals surface area contributed by atoms with Crippen molar-refractivity contribution in [2.75, 3.05) is 0 Å². The van der Waals surface area contributed by atoms with E-state index in [2.05, 4.69) is 88.5 Å². The zero-order valence-electron chi connectivity index (χ0n) is 9.26.